The maximum atomic E-state index is 10.6. The molecular formula is C25H30N2O3. The van der Waals surface area contributed by atoms with E-state index in [2.05, 4.69) is 40.5 Å². The molecule has 0 bridgehead atoms. The van der Waals surface area contributed by atoms with Crippen LogP contribution in [-0.2, 0) is 4.79 Å². The molecule has 1 saturated carbocycles. The lowest BCUT2D eigenvalue weighted by Crippen LogP contribution is -2.44. The molecule has 5 nitrogen and oxygen atoms in total. The number of hydrogen-bond donors (Lipinski definition) is 2. The summed E-state index contributed by atoms with van der Waals surface area (Å²) >= 11 is 0. The first kappa shape index (κ1) is 20.6. The van der Waals surface area contributed by atoms with E-state index in [9.17, 15) is 4.79 Å². The molecule has 2 fully saturated rings. The summed E-state index contributed by atoms with van der Waals surface area (Å²) < 4.78 is 5.86. The van der Waals surface area contributed by atoms with Crippen LogP contribution in [0.5, 0.6) is 5.75 Å². The van der Waals surface area contributed by atoms with Gasteiger partial charge in [-0.2, -0.15) is 0 Å². The second-order valence-electron chi connectivity index (χ2n) is 8.23. The number of hydrogen-bond acceptors (Lipinski definition) is 4. The number of carboxylic acids is 1. The van der Waals surface area contributed by atoms with E-state index in [1.54, 1.807) is 6.08 Å². The number of piperidine rings is 1. The standard InChI is InChI=1S/C25H30N2O3/c28-25(29)11-8-19-6-9-22(10-7-19)30-17-16-27-14-12-21(13-15-27)26-24-18-23(24)20-4-2-1-3-5-20/h1-11,21,23-24,26H,12-18H2,(H,28,29)/t23-,24+/m0/s1. The van der Waals surface area contributed by atoms with Gasteiger partial charge < -0.3 is 15.2 Å². The highest BCUT2D eigenvalue weighted by Gasteiger charge is 2.39. The minimum absolute atomic E-state index is 0.632. The minimum Gasteiger partial charge on any atom is -0.492 e. The van der Waals surface area contributed by atoms with Crippen molar-refractivity contribution >= 4 is 12.0 Å². The zero-order valence-corrected chi connectivity index (χ0v) is 17.2. The van der Waals surface area contributed by atoms with Gasteiger partial charge in [-0.3, -0.25) is 4.90 Å². The average Bonchev–Trinajstić information content (AvgIpc) is 3.54. The van der Waals surface area contributed by atoms with E-state index >= 15 is 0 Å². The smallest absolute Gasteiger partial charge is 0.328 e. The summed E-state index contributed by atoms with van der Waals surface area (Å²) in [6, 6.07) is 19.6. The lowest BCUT2D eigenvalue weighted by molar-refractivity contribution is -0.131. The summed E-state index contributed by atoms with van der Waals surface area (Å²) in [5, 5.41) is 12.5. The predicted octanol–water partition coefficient (Wildman–Crippen LogP) is 3.77. The Morgan fingerprint density at radius 2 is 1.83 bits per heavy atom. The molecule has 1 saturated heterocycles. The minimum atomic E-state index is -0.942. The van der Waals surface area contributed by atoms with Crippen molar-refractivity contribution in [3.05, 3.63) is 71.8 Å². The first-order valence-electron chi connectivity index (χ1n) is 10.8. The number of rotatable bonds is 9. The molecular weight excluding hydrogens is 376 g/mol. The number of likely N-dealkylation sites (tertiary alicyclic amines) is 1. The summed E-state index contributed by atoms with van der Waals surface area (Å²) in [5.74, 6) is 0.575. The van der Waals surface area contributed by atoms with E-state index in [0.717, 1.165) is 37.0 Å². The Hall–Kier alpha value is -2.63. The molecule has 1 heterocycles. The molecule has 4 rings (SSSR count). The number of nitrogens with zero attached hydrogens (tertiary/aromatic N) is 1. The highest BCUT2D eigenvalue weighted by Crippen LogP contribution is 2.41. The van der Waals surface area contributed by atoms with Crippen LogP contribution in [0.2, 0.25) is 0 Å². The number of aliphatic carboxylic acids is 1. The number of ether oxygens (including phenoxy) is 1. The molecule has 0 aromatic heterocycles. The van der Waals surface area contributed by atoms with Gasteiger partial charge in [-0.05, 0) is 61.7 Å². The number of carbonyl (C=O) groups is 1. The molecule has 0 amide bonds. The Morgan fingerprint density at radius 3 is 2.53 bits per heavy atom. The van der Waals surface area contributed by atoms with Crippen LogP contribution >= 0.6 is 0 Å². The Morgan fingerprint density at radius 1 is 1.10 bits per heavy atom. The van der Waals surface area contributed by atoms with Gasteiger partial charge in [-0.25, -0.2) is 4.79 Å². The second-order valence-corrected chi connectivity index (χ2v) is 8.23. The maximum absolute atomic E-state index is 10.6. The van der Waals surface area contributed by atoms with E-state index in [1.165, 1.54) is 24.8 Å². The van der Waals surface area contributed by atoms with Gasteiger partial charge in [0.25, 0.3) is 0 Å². The van der Waals surface area contributed by atoms with E-state index in [1.807, 2.05) is 24.3 Å². The Labute approximate surface area is 178 Å². The Bertz CT molecular complexity index is 842. The van der Waals surface area contributed by atoms with Gasteiger partial charge >= 0.3 is 5.97 Å². The zero-order chi connectivity index (χ0) is 20.8. The van der Waals surface area contributed by atoms with E-state index in [-0.39, 0.29) is 0 Å². The van der Waals surface area contributed by atoms with Crippen LogP contribution in [0.25, 0.3) is 6.08 Å². The predicted molar refractivity (Wildman–Crippen MR) is 119 cm³/mol. The number of nitrogens with one attached hydrogen (secondary N) is 1. The number of benzene rings is 2. The van der Waals surface area contributed by atoms with Crippen molar-refractivity contribution < 1.29 is 14.6 Å². The first-order valence-corrected chi connectivity index (χ1v) is 10.8. The van der Waals surface area contributed by atoms with Crippen LogP contribution in [-0.4, -0.2) is 54.3 Å². The van der Waals surface area contributed by atoms with Crippen LogP contribution in [0.3, 0.4) is 0 Å². The monoisotopic (exact) mass is 406 g/mol. The molecule has 0 radical (unpaired) electrons. The largest absolute Gasteiger partial charge is 0.492 e. The van der Waals surface area contributed by atoms with Crippen molar-refractivity contribution in [1.29, 1.82) is 0 Å². The van der Waals surface area contributed by atoms with Gasteiger partial charge in [-0.1, -0.05) is 42.5 Å². The number of carboxylic acid groups (broad SMARTS) is 1. The fourth-order valence-corrected chi connectivity index (χ4v) is 4.21. The van der Waals surface area contributed by atoms with Crippen molar-refractivity contribution in [2.45, 2.75) is 37.3 Å². The van der Waals surface area contributed by atoms with Crippen LogP contribution in [0, 0.1) is 0 Å². The van der Waals surface area contributed by atoms with Gasteiger partial charge in [0.05, 0.1) is 0 Å². The Balaban J connectivity index is 1.12. The molecule has 1 aliphatic carbocycles. The molecule has 2 aromatic carbocycles. The fourth-order valence-electron chi connectivity index (χ4n) is 4.21. The summed E-state index contributed by atoms with van der Waals surface area (Å²) in [6.07, 6.45) is 6.38. The molecule has 0 unspecified atom stereocenters. The first-order chi connectivity index (χ1) is 14.7. The molecule has 1 aliphatic heterocycles. The third-order valence-corrected chi connectivity index (χ3v) is 6.03. The highest BCUT2D eigenvalue weighted by molar-refractivity contribution is 5.85. The van der Waals surface area contributed by atoms with Crippen molar-refractivity contribution in [2.75, 3.05) is 26.2 Å². The second kappa shape index (κ2) is 9.92. The molecule has 2 aromatic rings. The normalized spacial score (nSPS) is 22.3. The van der Waals surface area contributed by atoms with Crippen molar-refractivity contribution in [3.8, 4) is 5.75 Å². The molecule has 2 atom stereocenters. The molecule has 158 valence electrons. The van der Waals surface area contributed by atoms with Crippen molar-refractivity contribution in [3.63, 3.8) is 0 Å². The van der Waals surface area contributed by atoms with E-state index in [0.29, 0.717) is 24.6 Å². The van der Waals surface area contributed by atoms with Crippen molar-refractivity contribution in [2.24, 2.45) is 0 Å². The highest BCUT2D eigenvalue weighted by atomic mass is 16.5. The summed E-state index contributed by atoms with van der Waals surface area (Å²) in [6.45, 7) is 3.83. The summed E-state index contributed by atoms with van der Waals surface area (Å²) in [5.41, 5.74) is 2.32. The average molecular weight is 407 g/mol. The molecule has 5 heteroatoms. The van der Waals surface area contributed by atoms with Gasteiger partial charge in [0.2, 0.25) is 0 Å². The maximum Gasteiger partial charge on any atom is 0.328 e. The topological polar surface area (TPSA) is 61.8 Å². The summed E-state index contributed by atoms with van der Waals surface area (Å²) in [4.78, 5) is 13.0. The molecule has 30 heavy (non-hydrogen) atoms. The van der Waals surface area contributed by atoms with Crippen LogP contribution < -0.4 is 10.1 Å². The summed E-state index contributed by atoms with van der Waals surface area (Å²) in [7, 11) is 0. The van der Waals surface area contributed by atoms with Gasteiger partial charge in [0.1, 0.15) is 12.4 Å². The molecule has 0 spiro atoms. The van der Waals surface area contributed by atoms with E-state index < -0.39 is 5.97 Å². The molecule has 2 N–H and O–H groups in total. The third-order valence-electron chi connectivity index (χ3n) is 6.03. The van der Waals surface area contributed by atoms with Gasteiger partial charge in [-0.15, -0.1) is 0 Å². The van der Waals surface area contributed by atoms with Crippen molar-refractivity contribution in [1.82, 2.24) is 10.2 Å². The van der Waals surface area contributed by atoms with Crippen LogP contribution in [0.1, 0.15) is 36.3 Å². The lowest BCUT2D eigenvalue weighted by atomic mass is 10.0. The lowest BCUT2D eigenvalue weighted by Gasteiger charge is -2.32. The van der Waals surface area contributed by atoms with Gasteiger partial charge in [0, 0.05) is 30.6 Å². The fraction of sp³-hybridized carbons (Fsp3) is 0.400. The zero-order valence-electron chi connectivity index (χ0n) is 17.2. The quantitative estimate of drug-likeness (QED) is 0.621. The SMILES string of the molecule is O=C(O)C=Cc1ccc(OCCN2CCC(N[C@@H]3C[C@H]3c3ccccc3)CC2)cc1. The Kier molecular flexibility index (Phi) is 6.82. The van der Waals surface area contributed by atoms with Crippen LogP contribution in [0.15, 0.2) is 60.7 Å². The third kappa shape index (κ3) is 5.94. The van der Waals surface area contributed by atoms with Crippen LogP contribution in [0.4, 0.5) is 0 Å². The van der Waals surface area contributed by atoms with Gasteiger partial charge in [0.15, 0.2) is 0 Å². The molecule has 2 aliphatic rings. The van der Waals surface area contributed by atoms with E-state index in [4.69, 9.17) is 9.84 Å².